The van der Waals surface area contributed by atoms with E-state index in [-0.39, 0.29) is 42.7 Å². The van der Waals surface area contributed by atoms with E-state index in [0.717, 1.165) is 77.0 Å². The van der Waals surface area contributed by atoms with Crippen molar-refractivity contribution < 1.29 is 38.2 Å². The van der Waals surface area contributed by atoms with Gasteiger partial charge in [-0.15, -0.1) is 0 Å². The minimum absolute atomic E-state index is 0.0291. The normalized spacial score (nSPS) is 13.9. The molecular formula is C55H90NO7+. The van der Waals surface area contributed by atoms with E-state index in [0.29, 0.717) is 19.3 Å². The van der Waals surface area contributed by atoms with E-state index in [9.17, 15) is 19.5 Å². The lowest BCUT2D eigenvalue weighted by Gasteiger charge is -2.31. The van der Waals surface area contributed by atoms with Crippen molar-refractivity contribution in [3.05, 3.63) is 109 Å². The van der Waals surface area contributed by atoms with Crippen molar-refractivity contribution in [2.24, 2.45) is 0 Å². The average molecular weight is 877 g/mol. The van der Waals surface area contributed by atoms with Crippen LogP contribution in [0.5, 0.6) is 0 Å². The molecule has 0 rings (SSSR count). The second-order valence-electron chi connectivity index (χ2n) is 17.0. The highest BCUT2D eigenvalue weighted by molar-refractivity contribution is 5.72. The monoisotopic (exact) mass is 877 g/mol. The number of esters is 2. The second kappa shape index (κ2) is 44.6. The van der Waals surface area contributed by atoms with Gasteiger partial charge in [0.25, 0.3) is 0 Å². The number of ether oxygens (including phenoxy) is 3. The zero-order valence-electron chi connectivity index (χ0n) is 40.5. The molecule has 0 saturated heterocycles. The fourth-order valence-corrected chi connectivity index (χ4v) is 6.48. The molecule has 0 spiro atoms. The molecule has 2 unspecified atom stereocenters. The van der Waals surface area contributed by atoms with Crippen molar-refractivity contribution in [1.29, 1.82) is 0 Å². The zero-order chi connectivity index (χ0) is 46.3. The van der Waals surface area contributed by atoms with Gasteiger partial charge < -0.3 is 23.8 Å². The van der Waals surface area contributed by atoms with Crippen LogP contribution in [0.1, 0.15) is 168 Å². The molecule has 0 aromatic rings. The van der Waals surface area contributed by atoms with Crippen LogP contribution in [0.25, 0.3) is 0 Å². The number of carboxylic acids is 1. The molecule has 0 aliphatic heterocycles. The van der Waals surface area contributed by atoms with E-state index in [1.165, 1.54) is 51.4 Å². The molecule has 8 heteroatoms. The van der Waals surface area contributed by atoms with Gasteiger partial charge in [0, 0.05) is 19.3 Å². The Hall–Kier alpha value is -4.01. The number of hydrogen-bond donors (Lipinski definition) is 1. The number of hydrogen-bond acceptors (Lipinski definition) is 6. The van der Waals surface area contributed by atoms with E-state index >= 15 is 0 Å². The molecule has 8 nitrogen and oxygen atoms in total. The minimum atomic E-state index is -0.889. The van der Waals surface area contributed by atoms with Crippen molar-refractivity contribution in [2.45, 2.75) is 180 Å². The van der Waals surface area contributed by atoms with E-state index in [2.05, 4.69) is 111 Å². The summed E-state index contributed by atoms with van der Waals surface area (Å²) in [5.74, 6) is -1.59. The maximum atomic E-state index is 12.8. The van der Waals surface area contributed by atoms with Gasteiger partial charge >= 0.3 is 17.9 Å². The van der Waals surface area contributed by atoms with Crippen molar-refractivity contribution in [2.75, 3.05) is 41.0 Å². The minimum Gasteiger partial charge on any atom is -0.477 e. The third-order valence-corrected chi connectivity index (χ3v) is 10.2. The van der Waals surface area contributed by atoms with E-state index in [1.807, 2.05) is 33.3 Å². The smallest absolute Gasteiger partial charge is 0.362 e. The first-order chi connectivity index (χ1) is 30.6. The molecule has 0 fully saturated rings. The first-order valence-electron chi connectivity index (χ1n) is 24.4. The summed E-state index contributed by atoms with van der Waals surface area (Å²) in [4.78, 5) is 37.1. The molecule has 0 saturated carbocycles. The number of allylic oxidation sites excluding steroid dienone is 18. The average Bonchev–Trinajstić information content (AvgIpc) is 3.24. The fraction of sp³-hybridized carbons (Fsp3) is 0.618. The van der Waals surface area contributed by atoms with E-state index in [1.54, 1.807) is 0 Å². The molecule has 2 atom stereocenters. The maximum Gasteiger partial charge on any atom is 0.362 e. The van der Waals surface area contributed by atoms with Crippen molar-refractivity contribution in [3.8, 4) is 0 Å². The Bertz CT molecular complexity index is 1390. The Morgan fingerprint density at radius 3 is 1.30 bits per heavy atom. The number of rotatable bonds is 42. The molecule has 0 aromatic heterocycles. The lowest BCUT2D eigenvalue weighted by atomic mass is 10.0. The number of carbonyl (C=O) groups excluding carboxylic acids is 2. The van der Waals surface area contributed by atoms with Crippen LogP contribution in [-0.4, -0.2) is 80.6 Å². The topological polar surface area (TPSA) is 99.1 Å². The Morgan fingerprint density at radius 1 is 0.476 bits per heavy atom. The van der Waals surface area contributed by atoms with Gasteiger partial charge in [0.05, 0.1) is 34.4 Å². The molecule has 0 aromatic carbocycles. The summed E-state index contributed by atoms with van der Waals surface area (Å²) >= 11 is 0. The third kappa shape index (κ3) is 43.0. The maximum absolute atomic E-state index is 12.8. The second-order valence-corrected chi connectivity index (χ2v) is 17.0. The van der Waals surface area contributed by atoms with Gasteiger partial charge in [-0.2, -0.15) is 0 Å². The summed E-state index contributed by atoms with van der Waals surface area (Å²) in [5, 5.41) is 9.65. The molecular weight excluding hydrogens is 787 g/mol. The summed E-state index contributed by atoms with van der Waals surface area (Å²) < 4.78 is 17.2. The molecule has 0 amide bonds. The fourth-order valence-electron chi connectivity index (χ4n) is 6.48. The van der Waals surface area contributed by atoms with Crippen LogP contribution in [0.15, 0.2) is 109 Å². The van der Waals surface area contributed by atoms with Crippen molar-refractivity contribution in [3.63, 3.8) is 0 Å². The Labute approximate surface area is 385 Å². The van der Waals surface area contributed by atoms with Gasteiger partial charge in [0.1, 0.15) is 6.61 Å². The zero-order valence-corrected chi connectivity index (χ0v) is 40.5. The lowest BCUT2D eigenvalue weighted by Crippen LogP contribution is -2.50. The summed E-state index contributed by atoms with van der Waals surface area (Å²) in [6.45, 7) is 4.42. The first-order valence-corrected chi connectivity index (χ1v) is 24.4. The van der Waals surface area contributed by atoms with Crippen molar-refractivity contribution in [1.82, 2.24) is 0 Å². The number of carboxylic acid groups (broad SMARTS) is 1. The predicted molar refractivity (Wildman–Crippen MR) is 266 cm³/mol. The number of unbranched alkanes of at least 4 members (excludes halogenated alkanes) is 10. The van der Waals surface area contributed by atoms with E-state index in [4.69, 9.17) is 14.2 Å². The van der Waals surface area contributed by atoms with Gasteiger partial charge in [-0.25, -0.2) is 4.79 Å². The van der Waals surface area contributed by atoms with Crippen LogP contribution in [0.3, 0.4) is 0 Å². The summed E-state index contributed by atoms with van der Waals surface area (Å²) in [7, 11) is 5.50. The third-order valence-electron chi connectivity index (χ3n) is 10.2. The predicted octanol–water partition coefficient (Wildman–Crippen LogP) is 14.0. The Morgan fingerprint density at radius 2 is 0.873 bits per heavy atom. The van der Waals surface area contributed by atoms with Crippen LogP contribution >= 0.6 is 0 Å². The number of likely N-dealkylation sites (N-methyl/N-ethyl adjacent to an activating group) is 1. The number of aliphatic carboxylic acids is 1. The number of carbonyl (C=O) groups is 3. The summed E-state index contributed by atoms with van der Waals surface area (Å²) in [6, 6.07) is -0.633. The molecule has 0 radical (unpaired) electrons. The molecule has 0 bridgehead atoms. The highest BCUT2D eigenvalue weighted by atomic mass is 16.6. The SMILES string of the molecule is CC/C=C/C/C=C/C/C=C/C/C=C/C/C=C/C/C=C/CCC(=O)OCC(COCCC(C(=O)O)[N+](C)(C)C)OC(=O)CCCCCCCCCCCC/C=C/C/C=C/C/C=C/CC. The number of quaternary nitrogens is 1. The van der Waals surface area contributed by atoms with Gasteiger partial charge in [-0.3, -0.25) is 9.59 Å². The van der Waals surface area contributed by atoms with Crippen LogP contribution in [0.2, 0.25) is 0 Å². The van der Waals surface area contributed by atoms with Gasteiger partial charge in [0.2, 0.25) is 0 Å². The van der Waals surface area contributed by atoms with Crippen molar-refractivity contribution >= 4 is 17.9 Å². The van der Waals surface area contributed by atoms with Crippen LogP contribution in [0.4, 0.5) is 0 Å². The van der Waals surface area contributed by atoms with Crippen LogP contribution in [-0.2, 0) is 28.6 Å². The largest absolute Gasteiger partial charge is 0.477 e. The molecule has 0 aliphatic carbocycles. The van der Waals surface area contributed by atoms with Crippen LogP contribution in [0, 0.1) is 0 Å². The summed E-state index contributed by atoms with van der Waals surface area (Å²) in [5.41, 5.74) is 0. The lowest BCUT2D eigenvalue weighted by molar-refractivity contribution is -0.887. The molecule has 0 aliphatic rings. The van der Waals surface area contributed by atoms with Gasteiger partial charge in [-0.1, -0.05) is 175 Å². The molecule has 356 valence electrons. The highest BCUT2D eigenvalue weighted by Gasteiger charge is 2.31. The standard InChI is InChI=1S/C55H89NO7/c1-6-8-10-12-14-16-18-20-22-24-26-28-30-32-34-36-38-40-42-44-46-54(58)63-51(49-61-48-47-52(55(59)60)56(3,4)5)50-62-53(57)45-43-41-39-37-35-33-31-29-27-25-23-21-19-17-15-13-11-9-7-2/h8-11,14-17,20-23,27,29,33,35,39,41,51-52H,6-7,12-13,18-19,24-26,28,30-32,34,36-38,40,42-50H2,1-5H3/p+1/b10-8+,11-9+,16-14+,17-15+,22-20+,23-21+,29-27+,35-33+,41-39+. The molecule has 63 heavy (non-hydrogen) atoms. The first kappa shape index (κ1) is 59.0. The summed E-state index contributed by atoms with van der Waals surface area (Å²) in [6.07, 6.45) is 61.5. The van der Waals surface area contributed by atoms with Gasteiger partial charge in [-0.05, 0) is 83.5 Å². The Balaban J connectivity index is 4.41. The van der Waals surface area contributed by atoms with Gasteiger partial charge in [0.15, 0.2) is 12.1 Å². The Kier molecular flexibility index (Phi) is 41.8. The van der Waals surface area contributed by atoms with E-state index < -0.39 is 18.1 Å². The molecule has 1 N–H and O–H groups in total. The van der Waals surface area contributed by atoms with Crippen LogP contribution < -0.4 is 0 Å². The number of nitrogens with zero attached hydrogens (tertiary/aromatic N) is 1. The molecule has 0 heterocycles. The quantitative estimate of drug-likeness (QED) is 0.0282. The highest BCUT2D eigenvalue weighted by Crippen LogP contribution is 2.14.